The largest absolute Gasteiger partial charge is 0.394 e. The Morgan fingerprint density at radius 2 is 1.92 bits per heavy atom. The van der Waals surface area contributed by atoms with Crippen molar-refractivity contribution in [2.45, 2.75) is 24.5 Å². The van der Waals surface area contributed by atoms with Gasteiger partial charge in [-0.25, -0.2) is 15.0 Å². The lowest BCUT2D eigenvalue weighted by Crippen LogP contribution is -2.46. The van der Waals surface area contributed by atoms with Crippen LogP contribution in [0.25, 0.3) is 11.2 Å². The highest BCUT2D eigenvalue weighted by atomic mass is 16.6. The summed E-state index contributed by atoms with van der Waals surface area (Å²) in [6.45, 7) is 2.80. The van der Waals surface area contributed by atoms with E-state index in [-0.39, 0.29) is 5.82 Å². The van der Waals surface area contributed by atoms with Gasteiger partial charge in [0.25, 0.3) is 0 Å². The van der Waals surface area contributed by atoms with Gasteiger partial charge >= 0.3 is 0 Å². The number of imidazole rings is 1. The first-order chi connectivity index (χ1) is 12.5. The standard InChI is InChI=1S/C15H23N7O4/c1-20-2-4-21(5-3-20)15-19-9-12(16)17-7-18-13(9)22(15)14-11(25)10(24)8(6-23)26-14/h7-8,10-11,14,23-25H,2-6H2,1H3,(H2,16,17,18)/t8-,10+,11-,14-/m0/s1. The summed E-state index contributed by atoms with van der Waals surface area (Å²) in [5.74, 6) is 0.783. The number of piperazine rings is 1. The molecule has 4 rings (SSSR count). The van der Waals surface area contributed by atoms with E-state index in [4.69, 9.17) is 10.5 Å². The summed E-state index contributed by atoms with van der Waals surface area (Å²) in [5.41, 5.74) is 6.79. The van der Waals surface area contributed by atoms with E-state index in [0.717, 1.165) is 26.2 Å². The van der Waals surface area contributed by atoms with Gasteiger partial charge in [-0.3, -0.25) is 4.57 Å². The van der Waals surface area contributed by atoms with E-state index in [1.807, 2.05) is 0 Å². The molecule has 4 heterocycles. The maximum Gasteiger partial charge on any atom is 0.210 e. The van der Waals surface area contributed by atoms with Gasteiger partial charge in [-0.05, 0) is 7.05 Å². The molecule has 0 aromatic carbocycles. The van der Waals surface area contributed by atoms with Crippen LogP contribution in [-0.4, -0.2) is 97.9 Å². The van der Waals surface area contributed by atoms with E-state index in [1.165, 1.54) is 6.33 Å². The van der Waals surface area contributed by atoms with Gasteiger partial charge < -0.3 is 35.6 Å². The molecule has 0 radical (unpaired) electrons. The van der Waals surface area contributed by atoms with E-state index in [9.17, 15) is 15.3 Å². The van der Waals surface area contributed by atoms with Gasteiger partial charge in [-0.15, -0.1) is 0 Å². The van der Waals surface area contributed by atoms with Gasteiger partial charge in [0, 0.05) is 26.2 Å². The van der Waals surface area contributed by atoms with Crippen LogP contribution >= 0.6 is 0 Å². The molecule has 0 aliphatic carbocycles. The molecule has 0 spiro atoms. The van der Waals surface area contributed by atoms with Gasteiger partial charge in [0.05, 0.1) is 6.61 Å². The molecular formula is C15H23N7O4. The third kappa shape index (κ3) is 2.68. The zero-order chi connectivity index (χ0) is 18.4. The molecule has 0 bridgehead atoms. The van der Waals surface area contributed by atoms with Gasteiger partial charge in [-0.2, -0.15) is 0 Å². The summed E-state index contributed by atoms with van der Waals surface area (Å²) in [7, 11) is 2.05. The summed E-state index contributed by atoms with van der Waals surface area (Å²) in [5, 5.41) is 30.0. The predicted molar refractivity (Wildman–Crippen MR) is 92.5 cm³/mol. The lowest BCUT2D eigenvalue weighted by molar-refractivity contribution is -0.0505. The minimum absolute atomic E-state index is 0.232. The molecule has 26 heavy (non-hydrogen) atoms. The Kier molecular flexibility index (Phi) is 4.40. The van der Waals surface area contributed by atoms with Gasteiger partial charge in [0.1, 0.15) is 24.6 Å². The molecule has 5 N–H and O–H groups in total. The highest BCUT2D eigenvalue weighted by molar-refractivity contribution is 5.84. The maximum absolute atomic E-state index is 10.5. The Hall–Kier alpha value is -2.05. The van der Waals surface area contributed by atoms with Crippen LogP contribution in [0, 0.1) is 0 Å². The molecule has 11 nitrogen and oxygen atoms in total. The van der Waals surface area contributed by atoms with Crippen molar-refractivity contribution >= 4 is 22.9 Å². The quantitative estimate of drug-likeness (QED) is 0.471. The number of aliphatic hydroxyl groups excluding tert-OH is 3. The van der Waals surface area contributed by atoms with E-state index >= 15 is 0 Å². The second-order valence-electron chi connectivity index (χ2n) is 6.73. The lowest BCUT2D eigenvalue weighted by Gasteiger charge is -2.34. The van der Waals surface area contributed by atoms with E-state index in [2.05, 4.69) is 31.8 Å². The smallest absolute Gasteiger partial charge is 0.210 e. The van der Waals surface area contributed by atoms with Crippen LogP contribution in [0.5, 0.6) is 0 Å². The van der Waals surface area contributed by atoms with Crippen LogP contribution in [-0.2, 0) is 4.74 Å². The van der Waals surface area contributed by atoms with Gasteiger partial charge in [0.15, 0.2) is 23.2 Å². The average molecular weight is 365 g/mol. The minimum atomic E-state index is -1.23. The number of aromatic nitrogens is 4. The number of hydrogen-bond acceptors (Lipinski definition) is 10. The topological polar surface area (TPSA) is 146 Å². The highest BCUT2D eigenvalue weighted by Gasteiger charge is 2.45. The first-order valence-electron chi connectivity index (χ1n) is 8.55. The Morgan fingerprint density at radius 3 is 2.58 bits per heavy atom. The van der Waals surface area contributed by atoms with Gasteiger partial charge in [-0.1, -0.05) is 0 Å². The van der Waals surface area contributed by atoms with Crippen LogP contribution in [0.1, 0.15) is 6.23 Å². The van der Waals surface area contributed by atoms with Crippen molar-refractivity contribution in [3.8, 4) is 0 Å². The molecule has 4 atom stereocenters. The molecule has 142 valence electrons. The number of ether oxygens (including phenoxy) is 1. The number of aliphatic hydroxyl groups is 3. The number of fused-ring (bicyclic) bond motifs is 1. The number of nitrogens with zero attached hydrogens (tertiary/aromatic N) is 6. The predicted octanol–water partition coefficient (Wildman–Crippen LogP) is -2.23. The number of anilines is 2. The molecule has 2 aromatic rings. The van der Waals surface area contributed by atoms with Crippen LogP contribution in [0.3, 0.4) is 0 Å². The molecule has 11 heteroatoms. The Bertz CT molecular complexity index is 792. The number of likely N-dealkylation sites (N-methyl/N-ethyl adjacent to an activating group) is 1. The third-order valence-electron chi connectivity index (χ3n) is 5.04. The van der Waals surface area contributed by atoms with Gasteiger partial charge in [0.2, 0.25) is 5.95 Å². The normalized spacial score (nSPS) is 30.4. The minimum Gasteiger partial charge on any atom is -0.394 e. The third-order valence-corrected chi connectivity index (χ3v) is 5.04. The van der Waals surface area contributed by atoms with Crippen LogP contribution in [0.15, 0.2) is 6.33 Å². The fourth-order valence-electron chi connectivity index (χ4n) is 3.47. The fraction of sp³-hybridized carbons (Fsp3) is 0.667. The zero-order valence-corrected chi connectivity index (χ0v) is 14.4. The van der Waals surface area contributed by atoms with Crippen molar-refractivity contribution in [2.75, 3.05) is 50.5 Å². The Morgan fingerprint density at radius 1 is 1.19 bits per heavy atom. The molecule has 2 aliphatic heterocycles. The highest BCUT2D eigenvalue weighted by Crippen LogP contribution is 2.36. The first kappa shape index (κ1) is 17.4. The second kappa shape index (κ2) is 6.59. The molecular weight excluding hydrogens is 342 g/mol. The Labute approximate surface area is 149 Å². The van der Waals surface area contributed by atoms with Crippen molar-refractivity contribution in [3.63, 3.8) is 0 Å². The lowest BCUT2D eigenvalue weighted by atomic mass is 10.1. The molecule has 2 fully saturated rings. The van der Waals surface area contributed by atoms with Crippen molar-refractivity contribution in [1.29, 1.82) is 0 Å². The van der Waals surface area contributed by atoms with Crippen molar-refractivity contribution in [3.05, 3.63) is 6.33 Å². The monoisotopic (exact) mass is 365 g/mol. The van der Waals surface area contributed by atoms with Crippen LogP contribution < -0.4 is 10.6 Å². The fourth-order valence-corrected chi connectivity index (χ4v) is 3.47. The molecule has 2 aliphatic rings. The SMILES string of the molecule is CN1CCN(c2nc3c(N)ncnc3n2[C@H]2O[C@@H](CO)[C@@H](O)[C@@H]2O)CC1. The van der Waals surface area contributed by atoms with Crippen molar-refractivity contribution < 1.29 is 20.1 Å². The summed E-state index contributed by atoms with van der Waals surface area (Å²) in [6, 6.07) is 0. The number of rotatable bonds is 3. The zero-order valence-electron chi connectivity index (χ0n) is 14.4. The maximum atomic E-state index is 10.5. The number of nitrogen functional groups attached to an aromatic ring is 1. The van der Waals surface area contributed by atoms with Crippen LogP contribution in [0.2, 0.25) is 0 Å². The number of hydrogen-bond donors (Lipinski definition) is 4. The van der Waals surface area contributed by atoms with E-state index < -0.39 is 31.1 Å². The van der Waals surface area contributed by atoms with E-state index in [0.29, 0.717) is 17.1 Å². The first-order valence-corrected chi connectivity index (χ1v) is 8.55. The van der Waals surface area contributed by atoms with E-state index in [1.54, 1.807) is 4.57 Å². The number of nitrogens with two attached hydrogens (primary N) is 1. The summed E-state index contributed by atoms with van der Waals surface area (Å²) in [4.78, 5) is 17.1. The summed E-state index contributed by atoms with van der Waals surface area (Å²) in [6.07, 6.45) is -2.93. The molecule has 2 aromatic heterocycles. The molecule has 0 unspecified atom stereocenters. The molecule has 0 amide bonds. The Balaban J connectivity index is 1.81. The van der Waals surface area contributed by atoms with Crippen molar-refractivity contribution in [2.24, 2.45) is 0 Å². The summed E-state index contributed by atoms with van der Waals surface area (Å²) < 4.78 is 7.36. The van der Waals surface area contributed by atoms with Crippen molar-refractivity contribution in [1.82, 2.24) is 24.4 Å². The van der Waals surface area contributed by atoms with Crippen LogP contribution in [0.4, 0.5) is 11.8 Å². The molecule has 2 saturated heterocycles. The molecule has 0 saturated carbocycles. The average Bonchev–Trinajstić information content (AvgIpc) is 3.15. The summed E-state index contributed by atoms with van der Waals surface area (Å²) >= 11 is 0. The second-order valence-corrected chi connectivity index (χ2v) is 6.73.